The highest BCUT2D eigenvalue weighted by Crippen LogP contribution is 2.22. The van der Waals surface area contributed by atoms with Crippen LogP contribution >= 0.6 is 0 Å². The molecule has 0 saturated carbocycles. The molecule has 27 heavy (non-hydrogen) atoms. The van der Waals surface area contributed by atoms with Crippen molar-refractivity contribution in [3.8, 4) is 5.88 Å². The summed E-state index contributed by atoms with van der Waals surface area (Å²) in [5.74, 6) is 2.50. The van der Waals surface area contributed by atoms with E-state index in [1.165, 1.54) is 12.5 Å². The van der Waals surface area contributed by atoms with Crippen molar-refractivity contribution in [2.24, 2.45) is 0 Å². The summed E-state index contributed by atoms with van der Waals surface area (Å²) in [4.78, 5) is 14.8. The number of hydrogen-bond acceptors (Lipinski definition) is 8. The maximum atomic E-state index is 11.8. The Hall–Kier alpha value is -2.55. The second-order valence-electron chi connectivity index (χ2n) is 6.60. The first-order valence-electron chi connectivity index (χ1n) is 8.87. The number of ether oxygens (including phenoxy) is 1. The van der Waals surface area contributed by atoms with Gasteiger partial charge >= 0.3 is 0 Å². The van der Waals surface area contributed by atoms with E-state index in [2.05, 4.69) is 19.9 Å². The summed E-state index contributed by atoms with van der Waals surface area (Å²) in [5, 5.41) is 8.56. The minimum Gasteiger partial charge on any atom is -0.475 e. The molecule has 1 atom stereocenters. The van der Waals surface area contributed by atoms with Crippen LogP contribution in [-0.4, -0.2) is 55.6 Å². The van der Waals surface area contributed by atoms with E-state index in [4.69, 9.17) is 15.9 Å². The summed E-state index contributed by atoms with van der Waals surface area (Å²) >= 11 is 0. The molecule has 1 fully saturated rings. The molecule has 3 heterocycles. The topological polar surface area (TPSA) is 118 Å². The third-order valence-corrected chi connectivity index (χ3v) is 5.54. The zero-order valence-electron chi connectivity index (χ0n) is 15.5. The van der Waals surface area contributed by atoms with Crippen LogP contribution in [0.5, 0.6) is 5.88 Å². The molecule has 1 unspecified atom stereocenters. The SMILES string of the molecule is CC(C)Oc1cc(C(=N)c2cc(N3CCCS(=O)CC3)ncn2)c(N)cn1.[HH]. The van der Waals surface area contributed by atoms with Crippen molar-refractivity contribution in [3.05, 3.63) is 35.9 Å². The van der Waals surface area contributed by atoms with Gasteiger partial charge in [0.2, 0.25) is 5.88 Å². The summed E-state index contributed by atoms with van der Waals surface area (Å²) in [6.45, 7) is 5.29. The predicted octanol–water partition coefficient (Wildman–Crippen LogP) is 1.86. The Labute approximate surface area is 162 Å². The lowest BCUT2D eigenvalue weighted by Crippen LogP contribution is -2.27. The molecule has 3 N–H and O–H groups in total. The van der Waals surface area contributed by atoms with Gasteiger partial charge < -0.3 is 15.4 Å². The van der Waals surface area contributed by atoms with E-state index < -0.39 is 10.8 Å². The van der Waals surface area contributed by atoms with Gasteiger partial charge in [0, 0.05) is 54.5 Å². The lowest BCUT2D eigenvalue weighted by Gasteiger charge is -2.21. The van der Waals surface area contributed by atoms with Crippen molar-refractivity contribution in [2.45, 2.75) is 26.4 Å². The smallest absolute Gasteiger partial charge is 0.214 e. The van der Waals surface area contributed by atoms with Crippen molar-refractivity contribution >= 4 is 28.0 Å². The summed E-state index contributed by atoms with van der Waals surface area (Å²) < 4.78 is 17.4. The number of pyridine rings is 1. The number of nitrogens with two attached hydrogens (primary N) is 1. The van der Waals surface area contributed by atoms with Gasteiger partial charge in [0.1, 0.15) is 12.1 Å². The quantitative estimate of drug-likeness (QED) is 0.748. The number of rotatable bonds is 5. The number of nitrogens with one attached hydrogen (secondary N) is 1. The van der Waals surface area contributed by atoms with Gasteiger partial charge in [0.25, 0.3) is 0 Å². The molecule has 1 aliphatic rings. The molecule has 2 aromatic heterocycles. The average Bonchev–Trinajstić information content (AvgIpc) is 2.87. The molecule has 0 bridgehead atoms. The fourth-order valence-corrected chi connectivity index (χ4v) is 3.91. The van der Waals surface area contributed by atoms with Crippen LogP contribution in [0.3, 0.4) is 0 Å². The van der Waals surface area contributed by atoms with Gasteiger partial charge in [-0.05, 0) is 20.3 Å². The molecule has 1 aliphatic heterocycles. The molecule has 0 spiro atoms. The maximum absolute atomic E-state index is 11.8. The lowest BCUT2D eigenvalue weighted by atomic mass is 10.1. The van der Waals surface area contributed by atoms with Gasteiger partial charge in [-0.2, -0.15) is 0 Å². The van der Waals surface area contributed by atoms with Gasteiger partial charge in [-0.1, -0.05) is 0 Å². The molecule has 2 aromatic rings. The molecule has 0 radical (unpaired) electrons. The van der Waals surface area contributed by atoms with Crippen LogP contribution in [0.1, 0.15) is 33.0 Å². The van der Waals surface area contributed by atoms with E-state index in [1.807, 2.05) is 13.8 Å². The van der Waals surface area contributed by atoms with Gasteiger partial charge in [0.15, 0.2) is 0 Å². The van der Waals surface area contributed by atoms with Crippen LogP contribution < -0.4 is 15.4 Å². The summed E-state index contributed by atoms with van der Waals surface area (Å²) in [5.41, 5.74) is 7.59. The Kier molecular flexibility index (Phi) is 6.00. The minimum absolute atomic E-state index is 0. The Morgan fingerprint density at radius 1 is 1.30 bits per heavy atom. The van der Waals surface area contributed by atoms with Crippen LogP contribution in [0.2, 0.25) is 0 Å². The van der Waals surface area contributed by atoms with Crippen molar-refractivity contribution in [2.75, 3.05) is 35.2 Å². The zero-order chi connectivity index (χ0) is 19.4. The first kappa shape index (κ1) is 19.2. The summed E-state index contributed by atoms with van der Waals surface area (Å²) in [6, 6.07) is 3.44. The fourth-order valence-electron chi connectivity index (χ4n) is 2.84. The van der Waals surface area contributed by atoms with Crippen LogP contribution in [-0.2, 0) is 10.8 Å². The second-order valence-corrected chi connectivity index (χ2v) is 8.30. The average molecular weight is 391 g/mol. The number of nitrogen functional groups attached to an aromatic ring is 1. The van der Waals surface area contributed by atoms with Crippen molar-refractivity contribution < 1.29 is 10.4 Å². The Morgan fingerprint density at radius 2 is 2.11 bits per heavy atom. The van der Waals surface area contributed by atoms with Crippen LogP contribution in [0.15, 0.2) is 24.7 Å². The highest BCUT2D eigenvalue weighted by atomic mass is 32.2. The molecule has 146 valence electrons. The van der Waals surface area contributed by atoms with E-state index >= 15 is 0 Å². The Morgan fingerprint density at radius 3 is 2.89 bits per heavy atom. The van der Waals surface area contributed by atoms with Crippen molar-refractivity contribution in [3.63, 3.8) is 0 Å². The zero-order valence-corrected chi connectivity index (χ0v) is 16.3. The van der Waals surface area contributed by atoms with E-state index in [9.17, 15) is 4.21 Å². The molecular formula is C18H26N6O2S. The fraction of sp³-hybridized carbons (Fsp3) is 0.444. The normalized spacial score (nSPS) is 17.6. The molecule has 0 aliphatic carbocycles. The summed E-state index contributed by atoms with van der Waals surface area (Å²) in [7, 11) is -0.771. The highest BCUT2D eigenvalue weighted by molar-refractivity contribution is 7.85. The first-order chi connectivity index (χ1) is 12.9. The molecule has 1 saturated heterocycles. The number of anilines is 2. The van der Waals surface area contributed by atoms with Crippen LogP contribution in [0.4, 0.5) is 11.5 Å². The molecule has 8 nitrogen and oxygen atoms in total. The molecular weight excluding hydrogens is 364 g/mol. The summed E-state index contributed by atoms with van der Waals surface area (Å²) in [6.07, 6.45) is 3.77. The van der Waals surface area contributed by atoms with E-state index in [1.54, 1.807) is 12.1 Å². The number of aromatic nitrogens is 3. The Balaban J connectivity index is 0.00000280. The highest BCUT2D eigenvalue weighted by Gasteiger charge is 2.18. The predicted molar refractivity (Wildman–Crippen MR) is 109 cm³/mol. The maximum Gasteiger partial charge on any atom is 0.214 e. The first-order valence-corrected chi connectivity index (χ1v) is 10.4. The third-order valence-electron chi connectivity index (χ3n) is 4.16. The van der Waals surface area contributed by atoms with Gasteiger partial charge in [-0.25, -0.2) is 15.0 Å². The van der Waals surface area contributed by atoms with Gasteiger partial charge in [-0.3, -0.25) is 9.62 Å². The number of hydrogen-bond donors (Lipinski definition) is 2. The van der Waals surface area contributed by atoms with Gasteiger partial charge in [-0.15, -0.1) is 0 Å². The van der Waals surface area contributed by atoms with Crippen LogP contribution in [0, 0.1) is 5.41 Å². The van der Waals surface area contributed by atoms with E-state index in [0.29, 0.717) is 35.1 Å². The third kappa shape index (κ3) is 4.79. The van der Waals surface area contributed by atoms with E-state index in [0.717, 1.165) is 24.5 Å². The molecule has 0 amide bonds. The molecule has 0 aromatic carbocycles. The molecule has 3 rings (SSSR count). The van der Waals surface area contributed by atoms with Gasteiger partial charge in [0.05, 0.1) is 29.4 Å². The molecule has 9 heteroatoms. The standard InChI is InChI=1S/C18H24N6O2S.H2/c1-12(2)26-17-8-13(14(19)10-21-17)18(20)15-9-16(23-11-22-15)24-4-3-6-27(25)7-5-24;/h8-12,20H,3-7,19H2,1-2H3;1H. The minimum atomic E-state index is -0.771. The second kappa shape index (κ2) is 8.43. The van der Waals surface area contributed by atoms with Crippen LogP contribution in [0.25, 0.3) is 0 Å². The number of nitrogens with zero attached hydrogens (tertiary/aromatic N) is 4. The van der Waals surface area contributed by atoms with E-state index in [-0.39, 0.29) is 13.2 Å². The largest absolute Gasteiger partial charge is 0.475 e. The lowest BCUT2D eigenvalue weighted by molar-refractivity contribution is 0.232. The van der Waals surface area contributed by atoms with Crippen molar-refractivity contribution in [1.82, 2.24) is 15.0 Å². The Bertz CT molecular complexity index is 864. The monoisotopic (exact) mass is 390 g/mol. The van der Waals surface area contributed by atoms with Crippen molar-refractivity contribution in [1.29, 1.82) is 5.41 Å².